The van der Waals surface area contributed by atoms with E-state index in [0.29, 0.717) is 0 Å². The van der Waals surface area contributed by atoms with Gasteiger partial charge in [0.1, 0.15) is 0 Å². The van der Waals surface area contributed by atoms with Crippen LogP contribution in [0.25, 0.3) is 0 Å². The van der Waals surface area contributed by atoms with Crippen LogP contribution in [0, 0.1) is 0 Å². The molecule has 0 aromatic carbocycles. The molecule has 0 aromatic rings. The summed E-state index contributed by atoms with van der Waals surface area (Å²) in [5.74, 6) is 0. The molecule has 2 atom stereocenters. The van der Waals surface area contributed by atoms with E-state index in [1.165, 1.54) is 0 Å². The fourth-order valence-electron chi connectivity index (χ4n) is 1.58. The van der Waals surface area contributed by atoms with Gasteiger partial charge in [0.25, 0.3) is 0 Å². The molecule has 3 N–H and O–H groups in total. The van der Waals surface area contributed by atoms with Crippen LogP contribution in [0.5, 0.6) is 0 Å². The van der Waals surface area contributed by atoms with Gasteiger partial charge in [-0.2, -0.15) is 0 Å². The van der Waals surface area contributed by atoms with Crippen molar-refractivity contribution in [2.24, 2.45) is 0 Å². The van der Waals surface area contributed by atoms with E-state index in [4.69, 9.17) is 5.11 Å². The molecule has 0 spiro atoms. The lowest BCUT2D eigenvalue weighted by Crippen LogP contribution is -2.46. The number of nitrogens with one attached hydrogen (secondary N) is 2. The zero-order chi connectivity index (χ0) is 12.4. The van der Waals surface area contributed by atoms with Crippen molar-refractivity contribution in [3.8, 4) is 0 Å². The van der Waals surface area contributed by atoms with Crippen LogP contribution in [0.4, 0.5) is 4.79 Å². The van der Waals surface area contributed by atoms with Crippen LogP contribution < -0.4 is 10.6 Å². The van der Waals surface area contributed by atoms with E-state index < -0.39 is 0 Å². The van der Waals surface area contributed by atoms with Gasteiger partial charge in [-0.15, -0.1) is 0 Å². The van der Waals surface area contributed by atoms with Crippen LogP contribution in [0.2, 0.25) is 0 Å². The van der Waals surface area contributed by atoms with Gasteiger partial charge in [-0.1, -0.05) is 33.1 Å². The molecule has 4 heteroatoms. The van der Waals surface area contributed by atoms with Crippen LogP contribution in [0.3, 0.4) is 0 Å². The van der Waals surface area contributed by atoms with Gasteiger partial charge in [0.2, 0.25) is 0 Å². The van der Waals surface area contributed by atoms with Gasteiger partial charge < -0.3 is 15.7 Å². The summed E-state index contributed by atoms with van der Waals surface area (Å²) in [7, 11) is 0. The summed E-state index contributed by atoms with van der Waals surface area (Å²) in [4.78, 5) is 11.5. The van der Waals surface area contributed by atoms with E-state index in [-0.39, 0.29) is 24.7 Å². The minimum atomic E-state index is -0.187. The van der Waals surface area contributed by atoms with E-state index in [9.17, 15) is 4.79 Å². The largest absolute Gasteiger partial charge is 0.394 e. The minimum absolute atomic E-state index is 0.0270. The summed E-state index contributed by atoms with van der Waals surface area (Å²) in [6, 6.07) is -0.0969. The highest BCUT2D eigenvalue weighted by atomic mass is 16.3. The van der Waals surface area contributed by atoms with E-state index in [2.05, 4.69) is 24.5 Å². The molecule has 0 radical (unpaired) electrons. The molecule has 4 nitrogen and oxygen atoms in total. The predicted octanol–water partition coefficient (Wildman–Crippen LogP) is 2.03. The van der Waals surface area contributed by atoms with Crippen molar-refractivity contribution >= 4 is 6.03 Å². The Kier molecular flexibility index (Phi) is 9.00. The number of carbonyl (C=O) groups excluding carboxylic acids is 1. The second-order valence-corrected chi connectivity index (χ2v) is 4.33. The third-order valence-electron chi connectivity index (χ3n) is 2.53. The van der Waals surface area contributed by atoms with Crippen molar-refractivity contribution in [3.05, 3.63) is 0 Å². The van der Waals surface area contributed by atoms with Crippen molar-refractivity contribution in [1.29, 1.82) is 0 Å². The molecule has 16 heavy (non-hydrogen) atoms. The first-order valence-electron chi connectivity index (χ1n) is 6.31. The number of aliphatic hydroxyl groups excluding tert-OH is 1. The second kappa shape index (κ2) is 9.46. The third kappa shape index (κ3) is 7.51. The summed E-state index contributed by atoms with van der Waals surface area (Å²) >= 11 is 0. The van der Waals surface area contributed by atoms with Crippen LogP contribution in [0.1, 0.15) is 52.9 Å². The monoisotopic (exact) mass is 230 g/mol. The van der Waals surface area contributed by atoms with Crippen LogP contribution >= 0.6 is 0 Å². The lowest BCUT2D eigenvalue weighted by atomic mass is 10.1. The SMILES string of the molecule is CCCCC(CCC)NC(=O)N[C@@H](C)CO. The van der Waals surface area contributed by atoms with Crippen LogP contribution in [0.15, 0.2) is 0 Å². The number of carbonyl (C=O) groups is 1. The molecule has 0 rings (SSSR count). The van der Waals surface area contributed by atoms with Crippen molar-refractivity contribution in [2.45, 2.75) is 65.0 Å². The maximum absolute atomic E-state index is 11.5. The summed E-state index contributed by atoms with van der Waals surface area (Å²) < 4.78 is 0. The Balaban J connectivity index is 3.91. The summed E-state index contributed by atoms with van der Waals surface area (Å²) in [6.07, 6.45) is 5.41. The molecule has 1 unspecified atom stereocenters. The number of rotatable bonds is 8. The zero-order valence-corrected chi connectivity index (χ0v) is 10.8. The van der Waals surface area contributed by atoms with E-state index in [0.717, 1.165) is 32.1 Å². The molecule has 0 aliphatic carbocycles. The number of hydrogen-bond acceptors (Lipinski definition) is 2. The first kappa shape index (κ1) is 15.2. The van der Waals surface area contributed by atoms with E-state index >= 15 is 0 Å². The highest BCUT2D eigenvalue weighted by Gasteiger charge is 2.12. The number of hydrogen-bond donors (Lipinski definition) is 3. The Labute approximate surface area is 98.8 Å². The molecular weight excluding hydrogens is 204 g/mol. The van der Waals surface area contributed by atoms with E-state index in [1.807, 2.05) is 0 Å². The highest BCUT2D eigenvalue weighted by Crippen LogP contribution is 2.06. The Morgan fingerprint density at radius 2 is 1.88 bits per heavy atom. The standard InChI is InChI=1S/C12H26N2O2/c1-4-6-8-11(7-5-2)14-12(16)13-10(3)9-15/h10-11,15H,4-9H2,1-3H3,(H2,13,14,16)/t10-,11?/m0/s1. The molecule has 2 amide bonds. The second-order valence-electron chi connectivity index (χ2n) is 4.33. The summed E-state index contributed by atoms with van der Waals surface area (Å²) in [5, 5.41) is 14.5. The topological polar surface area (TPSA) is 61.4 Å². The molecule has 0 heterocycles. The Morgan fingerprint density at radius 1 is 1.19 bits per heavy atom. The average molecular weight is 230 g/mol. The number of urea groups is 1. The van der Waals surface area contributed by atoms with E-state index in [1.54, 1.807) is 6.92 Å². The molecule has 0 aliphatic rings. The smallest absolute Gasteiger partial charge is 0.315 e. The lowest BCUT2D eigenvalue weighted by Gasteiger charge is -2.19. The quantitative estimate of drug-likeness (QED) is 0.597. The summed E-state index contributed by atoms with van der Waals surface area (Å²) in [6.45, 7) is 6.02. The molecular formula is C12H26N2O2. The molecule has 0 aliphatic heterocycles. The van der Waals surface area contributed by atoms with Crippen molar-refractivity contribution < 1.29 is 9.90 Å². The minimum Gasteiger partial charge on any atom is -0.394 e. The van der Waals surface area contributed by atoms with Gasteiger partial charge in [0.15, 0.2) is 0 Å². The number of aliphatic hydroxyl groups is 1. The maximum atomic E-state index is 11.5. The molecule has 0 fully saturated rings. The fourth-order valence-corrected chi connectivity index (χ4v) is 1.58. The predicted molar refractivity (Wildman–Crippen MR) is 66.4 cm³/mol. The molecule has 0 saturated heterocycles. The van der Waals surface area contributed by atoms with Crippen molar-refractivity contribution in [2.75, 3.05) is 6.61 Å². The third-order valence-corrected chi connectivity index (χ3v) is 2.53. The van der Waals surface area contributed by atoms with Crippen molar-refractivity contribution in [3.63, 3.8) is 0 Å². The molecule has 0 bridgehead atoms. The van der Waals surface area contributed by atoms with Gasteiger partial charge >= 0.3 is 6.03 Å². The Morgan fingerprint density at radius 3 is 2.38 bits per heavy atom. The average Bonchev–Trinajstić information content (AvgIpc) is 2.25. The normalized spacial score (nSPS) is 14.2. The Bertz CT molecular complexity index is 186. The number of unbranched alkanes of at least 4 members (excludes halogenated alkanes) is 1. The maximum Gasteiger partial charge on any atom is 0.315 e. The lowest BCUT2D eigenvalue weighted by molar-refractivity contribution is 0.216. The zero-order valence-electron chi connectivity index (χ0n) is 10.8. The van der Waals surface area contributed by atoms with Gasteiger partial charge in [0.05, 0.1) is 12.6 Å². The van der Waals surface area contributed by atoms with Crippen LogP contribution in [-0.2, 0) is 0 Å². The van der Waals surface area contributed by atoms with Gasteiger partial charge in [0, 0.05) is 6.04 Å². The van der Waals surface area contributed by atoms with Crippen LogP contribution in [-0.4, -0.2) is 29.8 Å². The highest BCUT2D eigenvalue weighted by molar-refractivity contribution is 5.74. The Hall–Kier alpha value is -0.770. The fraction of sp³-hybridized carbons (Fsp3) is 0.917. The molecule has 0 saturated carbocycles. The van der Waals surface area contributed by atoms with Crippen molar-refractivity contribution in [1.82, 2.24) is 10.6 Å². The van der Waals surface area contributed by atoms with Gasteiger partial charge in [-0.3, -0.25) is 0 Å². The molecule has 0 aromatic heterocycles. The first-order chi connectivity index (χ1) is 7.63. The van der Waals surface area contributed by atoms with Gasteiger partial charge in [-0.05, 0) is 19.8 Å². The summed E-state index contributed by atoms with van der Waals surface area (Å²) in [5.41, 5.74) is 0. The number of amides is 2. The first-order valence-corrected chi connectivity index (χ1v) is 6.31. The molecule has 96 valence electrons. The van der Waals surface area contributed by atoms with Gasteiger partial charge in [-0.25, -0.2) is 4.79 Å².